The number of amides is 1. The van der Waals surface area contributed by atoms with Crippen LogP contribution in [0.15, 0.2) is 42.7 Å². The van der Waals surface area contributed by atoms with Crippen LogP contribution in [0.25, 0.3) is 5.65 Å². The summed E-state index contributed by atoms with van der Waals surface area (Å²) < 4.78 is 14.8. The van der Waals surface area contributed by atoms with E-state index in [1.165, 1.54) is 12.1 Å². The number of benzene rings is 1. The van der Waals surface area contributed by atoms with Crippen molar-refractivity contribution in [1.29, 1.82) is 0 Å². The molecule has 2 aromatic heterocycles. The minimum atomic E-state index is -0.477. The van der Waals surface area contributed by atoms with Gasteiger partial charge < -0.3 is 10.1 Å². The number of fused-ring (bicyclic) bond motifs is 1. The topological polar surface area (TPSA) is 60.4 Å². The molecule has 0 radical (unpaired) electrons. The highest BCUT2D eigenvalue weighted by Crippen LogP contribution is 2.20. The smallest absolute Gasteiger partial charge is 0.252 e. The highest BCUT2D eigenvalue weighted by atomic mass is 19.1. The van der Waals surface area contributed by atoms with Gasteiger partial charge in [0.15, 0.2) is 0 Å². The fraction of sp³-hybridized carbons (Fsp3) is 0.176. The van der Waals surface area contributed by atoms with Gasteiger partial charge >= 0.3 is 0 Å². The van der Waals surface area contributed by atoms with Crippen LogP contribution in [-0.4, -0.2) is 15.3 Å². The standard InChI is InChI=1S/C17H16FN3O/c1-11-8-9-20-17-15(16(19)22)13(10-21(11)17)5-2-12-3-6-14(18)7-4-12/h3-4,6-10H,2,5H2,1H3,(H2,19,22). The predicted molar refractivity (Wildman–Crippen MR) is 82.3 cm³/mol. The Balaban J connectivity index is 1.96. The number of aryl methyl sites for hydroxylation is 3. The molecule has 0 aliphatic heterocycles. The van der Waals surface area contributed by atoms with Gasteiger partial charge in [-0.15, -0.1) is 0 Å². The molecule has 112 valence electrons. The number of carbonyl (C=O) groups is 1. The van der Waals surface area contributed by atoms with Crippen molar-refractivity contribution in [1.82, 2.24) is 9.38 Å². The van der Waals surface area contributed by atoms with Gasteiger partial charge in [-0.2, -0.15) is 0 Å². The van der Waals surface area contributed by atoms with E-state index in [-0.39, 0.29) is 5.82 Å². The summed E-state index contributed by atoms with van der Waals surface area (Å²) in [5.74, 6) is -0.731. The van der Waals surface area contributed by atoms with Crippen molar-refractivity contribution in [3.63, 3.8) is 0 Å². The Hall–Kier alpha value is -2.69. The second-order valence-electron chi connectivity index (χ2n) is 5.30. The van der Waals surface area contributed by atoms with Gasteiger partial charge in [-0.3, -0.25) is 4.79 Å². The first-order valence-electron chi connectivity index (χ1n) is 7.06. The molecule has 22 heavy (non-hydrogen) atoms. The number of aromatic nitrogens is 2. The first kappa shape index (κ1) is 14.3. The largest absolute Gasteiger partial charge is 0.365 e. The summed E-state index contributed by atoms with van der Waals surface area (Å²) in [6, 6.07) is 8.25. The van der Waals surface area contributed by atoms with Gasteiger partial charge in [0, 0.05) is 18.1 Å². The van der Waals surface area contributed by atoms with Gasteiger partial charge in [-0.1, -0.05) is 12.1 Å². The van der Waals surface area contributed by atoms with E-state index in [1.54, 1.807) is 18.3 Å². The molecule has 1 aromatic carbocycles. The molecular weight excluding hydrogens is 281 g/mol. The van der Waals surface area contributed by atoms with Gasteiger partial charge in [0.25, 0.3) is 5.91 Å². The number of halogens is 1. The van der Waals surface area contributed by atoms with Gasteiger partial charge in [0.2, 0.25) is 0 Å². The van der Waals surface area contributed by atoms with Crippen molar-refractivity contribution >= 4 is 11.6 Å². The zero-order valence-electron chi connectivity index (χ0n) is 12.2. The van der Waals surface area contributed by atoms with Crippen molar-refractivity contribution in [3.8, 4) is 0 Å². The molecule has 0 bridgehead atoms. The van der Waals surface area contributed by atoms with Crippen molar-refractivity contribution in [2.24, 2.45) is 5.73 Å². The summed E-state index contributed by atoms with van der Waals surface area (Å²) >= 11 is 0. The molecule has 4 nitrogen and oxygen atoms in total. The third-order valence-corrected chi connectivity index (χ3v) is 3.79. The summed E-state index contributed by atoms with van der Waals surface area (Å²) in [5.41, 5.74) is 9.43. The normalized spacial score (nSPS) is 11.0. The van der Waals surface area contributed by atoms with Gasteiger partial charge in [-0.25, -0.2) is 9.37 Å². The minimum Gasteiger partial charge on any atom is -0.365 e. The summed E-state index contributed by atoms with van der Waals surface area (Å²) in [6.45, 7) is 1.95. The minimum absolute atomic E-state index is 0.254. The molecule has 0 unspecified atom stereocenters. The molecule has 0 spiro atoms. The summed E-state index contributed by atoms with van der Waals surface area (Å²) in [4.78, 5) is 16.0. The molecule has 3 rings (SSSR count). The molecule has 0 fully saturated rings. The average molecular weight is 297 g/mol. The van der Waals surface area contributed by atoms with E-state index in [4.69, 9.17) is 5.73 Å². The zero-order valence-corrected chi connectivity index (χ0v) is 12.2. The van der Waals surface area contributed by atoms with E-state index in [2.05, 4.69) is 4.98 Å². The van der Waals surface area contributed by atoms with Crippen LogP contribution >= 0.6 is 0 Å². The van der Waals surface area contributed by atoms with Crippen LogP contribution in [0.2, 0.25) is 0 Å². The maximum Gasteiger partial charge on any atom is 0.252 e. The highest BCUT2D eigenvalue weighted by Gasteiger charge is 2.17. The Morgan fingerprint density at radius 2 is 1.95 bits per heavy atom. The number of primary amides is 1. The number of carbonyl (C=O) groups excluding carboxylic acids is 1. The van der Waals surface area contributed by atoms with Gasteiger partial charge in [-0.05, 0) is 49.1 Å². The maximum absolute atomic E-state index is 12.9. The van der Waals surface area contributed by atoms with Gasteiger partial charge in [0.1, 0.15) is 11.5 Å². The van der Waals surface area contributed by atoms with E-state index in [0.717, 1.165) is 16.8 Å². The summed E-state index contributed by atoms with van der Waals surface area (Å²) in [6.07, 6.45) is 4.92. The molecule has 5 heteroatoms. The third kappa shape index (κ3) is 2.57. The number of nitrogens with two attached hydrogens (primary N) is 1. The quantitative estimate of drug-likeness (QED) is 0.805. The first-order valence-corrected chi connectivity index (χ1v) is 7.06. The lowest BCUT2D eigenvalue weighted by Crippen LogP contribution is -2.13. The fourth-order valence-electron chi connectivity index (χ4n) is 2.63. The Kier molecular flexibility index (Phi) is 3.63. The first-order chi connectivity index (χ1) is 10.6. The number of nitrogens with zero attached hydrogens (tertiary/aromatic N) is 2. The number of rotatable bonds is 4. The van der Waals surface area contributed by atoms with Crippen molar-refractivity contribution in [3.05, 3.63) is 70.9 Å². The lowest BCUT2D eigenvalue weighted by molar-refractivity contribution is 0.100. The third-order valence-electron chi connectivity index (χ3n) is 3.79. The molecule has 0 aliphatic carbocycles. The molecular formula is C17H16FN3O. The predicted octanol–water partition coefficient (Wildman–Crippen LogP) is 2.67. The Morgan fingerprint density at radius 3 is 2.64 bits per heavy atom. The van der Waals surface area contributed by atoms with E-state index in [1.807, 2.05) is 23.6 Å². The monoisotopic (exact) mass is 297 g/mol. The van der Waals surface area contributed by atoms with Crippen LogP contribution in [0.3, 0.4) is 0 Å². The molecule has 1 amide bonds. The average Bonchev–Trinajstić information content (AvgIpc) is 2.87. The van der Waals surface area contributed by atoms with Crippen LogP contribution < -0.4 is 5.73 Å². The SMILES string of the molecule is Cc1ccnc2c(C(N)=O)c(CCc3ccc(F)cc3)cn12. The Bertz CT molecular complexity index is 837. The van der Waals surface area contributed by atoms with Crippen LogP contribution in [0, 0.1) is 12.7 Å². The molecule has 0 saturated carbocycles. The Labute approximate surface area is 127 Å². The van der Waals surface area contributed by atoms with Crippen LogP contribution in [0.1, 0.15) is 27.2 Å². The van der Waals surface area contributed by atoms with Crippen molar-refractivity contribution < 1.29 is 9.18 Å². The molecule has 3 aromatic rings. The van der Waals surface area contributed by atoms with Crippen LogP contribution in [0.5, 0.6) is 0 Å². The van der Waals surface area contributed by atoms with Crippen LogP contribution in [0.4, 0.5) is 4.39 Å². The fourth-order valence-corrected chi connectivity index (χ4v) is 2.63. The molecule has 2 heterocycles. The molecule has 2 N–H and O–H groups in total. The summed E-state index contributed by atoms with van der Waals surface area (Å²) in [7, 11) is 0. The Morgan fingerprint density at radius 1 is 1.23 bits per heavy atom. The summed E-state index contributed by atoms with van der Waals surface area (Å²) in [5, 5.41) is 0. The number of hydrogen-bond acceptors (Lipinski definition) is 2. The highest BCUT2D eigenvalue weighted by molar-refractivity contribution is 6.00. The van der Waals surface area contributed by atoms with E-state index in [9.17, 15) is 9.18 Å². The lowest BCUT2D eigenvalue weighted by atomic mass is 10.0. The lowest BCUT2D eigenvalue weighted by Gasteiger charge is -2.02. The van der Waals surface area contributed by atoms with Crippen molar-refractivity contribution in [2.75, 3.05) is 0 Å². The van der Waals surface area contributed by atoms with E-state index < -0.39 is 5.91 Å². The van der Waals surface area contributed by atoms with Gasteiger partial charge in [0.05, 0.1) is 5.56 Å². The van der Waals surface area contributed by atoms with Crippen molar-refractivity contribution in [2.45, 2.75) is 19.8 Å². The van der Waals surface area contributed by atoms with E-state index in [0.29, 0.717) is 24.1 Å². The number of hydrogen-bond donors (Lipinski definition) is 1. The second-order valence-corrected chi connectivity index (χ2v) is 5.30. The maximum atomic E-state index is 12.9. The zero-order chi connectivity index (χ0) is 15.7. The molecule has 0 saturated heterocycles. The molecule has 0 atom stereocenters. The molecule has 0 aliphatic rings. The van der Waals surface area contributed by atoms with Crippen LogP contribution in [-0.2, 0) is 12.8 Å². The second kappa shape index (κ2) is 5.60. The van der Waals surface area contributed by atoms with E-state index >= 15 is 0 Å².